The maximum atomic E-state index is 10.8. The average molecular weight is 483 g/mol. The minimum Gasteiger partial charge on any atom is -0.390 e. The Labute approximate surface area is 187 Å². The monoisotopic (exact) mass is 482 g/mol. The second kappa shape index (κ2) is 7.74. The number of nitrogens with zero attached hydrogens (tertiary/aromatic N) is 4. The highest BCUT2D eigenvalue weighted by molar-refractivity contribution is 9.10. The van der Waals surface area contributed by atoms with E-state index in [1.165, 1.54) is 6.33 Å². The summed E-state index contributed by atoms with van der Waals surface area (Å²) in [5, 5.41) is 23.3. The molecule has 4 aromatic rings. The van der Waals surface area contributed by atoms with Crippen molar-refractivity contribution in [3.05, 3.63) is 52.9 Å². The molecule has 0 radical (unpaired) electrons. The van der Waals surface area contributed by atoms with Crippen molar-refractivity contribution in [2.24, 2.45) is 5.92 Å². The van der Waals surface area contributed by atoms with Gasteiger partial charge in [0.2, 0.25) is 0 Å². The summed E-state index contributed by atoms with van der Waals surface area (Å²) in [4.78, 5) is 12.8. The minimum atomic E-state index is -0.887. The van der Waals surface area contributed by atoms with E-state index in [9.17, 15) is 10.2 Å². The average Bonchev–Trinajstić information content (AvgIpc) is 3.23. The molecule has 9 heteroatoms. The minimum absolute atomic E-state index is 0.0418. The number of aryl methyl sites for hydroxylation is 1. The number of anilines is 2. The Morgan fingerprint density at radius 1 is 1.10 bits per heavy atom. The van der Waals surface area contributed by atoms with Gasteiger partial charge in [0.1, 0.15) is 29.7 Å². The summed E-state index contributed by atoms with van der Waals surface area (Å²) in [7, 11) is 0. The third kappa shape index (κ3) is 3.52. The van der Waals surface area contributed by atoms with Gasteiger partial charge in [-0.05, 0) is 64.9 Å². The Bertz CT molecular complexity index is 1280. The largest absolute Gasteiger partial charge is 0.390 e. The van der Waals surface area contributed by atoms with Crippen LogP contribution in [0.4, 0.5) is 11.6 Å². The van der Waals surface area contributed by atoms with E-state index in [4.69, 9.17) is 11.5 Å². The molecule has 6 N–H and O–H groups in total. The number of fused-ring (bicyclic) bond motifs is 2. The van der Waals surface area contributed by atoms with Crippen LogP contribution in [0.1, 0.15) is 24.4 Å². The van der Waals surface area contributed by atoms with Crippen LogP contribution in [0, 0.1) is 5.92 Å². The molecule has 1 fully saturated rings. The highest BCUT2D eigenvalue weighted by Crippen LogP contribution is 2.41. The smallest absolute Gasteiger partial charge is 0.146 e. The lowest BCUT2D eigenvalue weighted by Crippen LogP contribution is -2.29. The Balaban J connectivity index is 1.36. The SMILES string of the molecule is Nc1ccc2ccc(CC[C@H]3C[C@@H](n4cc(Br)c5c(N)ncnc54)[C@H](O)[C@@H]3O)cc2n1. The molecule has 0 bridgehead atoms. The highest BCUT2D eigenvalue weighted by atomic mass is 79.9. The first-order chi connectivity index (χ1) is 14.9. The zero-order valence-corrected chi connectivity index (χ0v) is 18.3. The number of nitrogen functional groups attached to an aromatic ring is 2. The molecule has 1 aliphatic rings. The summed E-state index contributed by atoms with van der Waals surface area (Å²) in [6, 6.07) is 9.61. The second-order valence-corrected chi connectivity index (χ2v) is 9.04. The highest BCUT2D eigenvalue weighted by Gasteiger charge is 2.42. The van der Waals surface area contributed by atoms with Crippen molar-refractivity contribution in [1.82, 2.24) is 19.5 Å². The quantitative estimate of drug-likeness (QED) is 0.351. The van der Waals surface area contributed by atoms with Gasteiger partial charge in [0.15, 0.2) is 0 Å². The molecule has 0 aliphatic heterocycles. The maximum absolute atomic E-state index is 10.8. The van der Waals surface area contributed by atoms with Crippen LogP contribution >= 0.6 is 15.9 Å². The molecule has 0 amide bonds. The van der Waals surface area contributed by atoms with Gasteiger partial charge in [-0.25, -0.2) is 15.0 Å². The zero-order chi connectivity index (χ0) is 21.7. The van der Waals surface area contributed by atoms with Crippen LogP contribution in [0.25, 0.3) is 21.9 Å². The van der Waals surface area contributed by atoms with Crippen LogP contribution < -0.4 is 11.5 Å². The normalized spacial score (nSPS) is 23.7. The van der Waals surface area contributed by atoms with Crippen molar-refractivity contribution in [3.8, 4) is 0 Å². The van der Waals surface area contributed by atoms with Crippen LogP contribution in [-0.4, -0.2) is 41.9 Å². The van der Waals surface area contributed by atoms with Crippen LogP contribution in [0.5, 0.6) is 0 Å². The van der Waals surface area contributed by atoms with E-state index in [-0.39, 0.29) is 12.0 Å². The number of nitrogens with two attached hydrogens (primary N) is 2. The molecule has 3 aromatic heterocycles. The Morgan fingerprint density at radius 3 is 2.74 bits per heavy atom. The summed E-state index contributed by atoms with van der Waals surface area (Å²) in [6.07, 6.45) is 3.74. The van der Waals surface area contributed by atoms with Crippen LogP contribution in [0.3, 0.4) is 0 Å². The van der Waals surface area contributed by atoms with Gasteiger partial charge in [-0.2, -0.15) is 0 Å². The van der Waals surface area contributed by atoms with Crippen LogP contribution in [-0.2, 0) is 6.42 Å². The van der Waals surface area contributed by atoms with Crippen molar-refractivity contribution >= 4 is 49.5 Å². The van der Waals surface area contributed by atoms with E-state index >= 15 is 0 Å². The molecule has 0 spiro atoms. The summed E-state index contributed by atoms with van der Waals surface area (Å²) >= 11 is 3.51. The van der Waals surface area contributed by atoms with Crippen molar-refractivity contribution in [2.75, 3.05) is 11.5 Å². The van der Waals surface area contributed by atoms with Crippen molar-refractivity contribution < 1.29 is 10.2 Å². The number of hydrogen-bond donors (Lipinski definition) is 4. The molecule has 1 aliphatic carbocycles. The fourth-order valence-corrected chi connectivity index (χ4v) is 5.26. The van der Waals surface area contributed by atoms with E-state index in [2.05, 4.69) is 36.9 Å². The number of benzene rings is 1. The predicted molar refractivity (Wildman–Crippen MR) is 123 cm³/mol. The Kier molecular flexibility index (Phi) is 5.04. The van der Waals surface area contributed by atoms with E-state index in [1.807, 2.05) is 29.0 Å². The number of aliphatic hydroxyl groups is 2. The van der Waals surface area contributed by atoms with E-state index in [0.717, 1.165) is 39.2 Å². The number of aliphatic hydroxyl groups excluding tert-OH is 2. The molecule has 160 valence electrons. The fourth-order valence-electron chi connectivity index (χ4n) is 4.66. The standard InChI is InChI=1S/C22H23BrN6O2/c23-14-9-29(22-18(14)21(25)26-10-27-22)16-8-13(19(30)20(16)31)4-2-11-1-3-12-5-6-17(24)28-15(12)7-11/h1,3,5-7,9-10,13,16,19-20,30-31H,2,4,8H2,(H2,24,28)(H2,25,26,27)/t13-,16+,19+,20-/m0/s1. The van der Waals surface area contributed by atoms with Crippen LogP contribution in [0.2, 0.25) is 0 Å². The molecule has 0 unspecified atom stereocenters. The van der Waals surface area contributed by atoms with Gasteiger partial charge in [-0.1, -0.05) is 12.1 Å². The first kappa shape index (κ1) is 20.2. The van der Waals surface area contributed by atoms with Gasteiger partial charge in [0.05, 0.1) is 23.0 Å². The molecule has 3 heterocycles. The lowest BCUT2D eigenvalue weighted by atomic mass is 9.95. The van der Waals surface area contributed by atoms with Gasteiger partial charge < -0.3 is 26.2 Å². The number of hydrogen-bond acceptors (Lipinski definition) is 7. The van der Waals surface area contributed by atoms with Gasteiger partial charge in [-0.15, -0.1) is 0 Å². The predicted octanol–water partition coefficient (Wildman–Crippen LogP) is 2.82. The van der Waals surface area contributed by atoms with E-state index in [0.29, 0.717) is 23.7 Å². The van der Waals surface area contributed by atoms with E-state index < -0.39 is 12.2 Å². The molecule has 0 saturated heterocycles. The van der Waals surface area contributed by atoms with E-state index in [1.54, 1.807) is 6.07 Å². The molecular weight excluding hydrogens is 460 g/mol. The summed E-state index contributed by atoms with van der Waals surface area (Å²) in [6.45, 7) is 0. The van der Waals surface area contributed by atoms with Gasteiger partial charge in [0, 0.05) is 16.1 Å². The molecule has 4 atom stereocenters. The van der Waals surface area contributed by atoms with Crippen molar-refractivity contribution in [1.29, 1.82) is 0 Å². The summed E-state index contributed by atoms with van der Waals surface area (Å²) in [5.41, 5.74) is 14.4. The zero-order valence-electron chi connectivity index (χ0n) is 16.7. The third-order valence-electron chi connectivity index (χ3n) is 6.30. The number of aromatic nitrogens is 4. The van der Waals surface area contributed by atoms with Crippen molar-refractivity contribution in [2.45, 2.75) is 37.5 Å². The van der Waals surface area contributed by atoms with Gasteiger partial charge in [-0.3, -0.25) is 0 Å². The second-order valence-electron chi connectivity index (χ2n) is 8.19. The molecule has 8 nitrogen and oxygen atoms in total. The first-order valence-corrected chi connectivity index (χ1v) is 11.0. The molecule has 1 aromatic carbocycles. The maximum Gasteiger partial charge on any atom is 0.146 e. The lowest BCUT2D eigenvalue weighted by Gasteiger charge is -2.19. The third-order valence-corrected chi connectivity index (χ3v) is 6.90. The Hall–Kier alpha value is -2.75. The Morgan fingerprint density at radius 2 is 1.90 bits per heavy atom. The summed E-state index contributed by atoms with van der Waals surface area (Å²) in [5.74, 6) is 0.835. The van der Waals surface area contributed by atoms with Gasteiger partial charge in [0.25, 0.3) is 0 Å². The fraction of sp³-hybridized carbons (Fsp3) is 0.318. The van der Waals surface area contributed by atoms with Gasteiger partial charge >= 0.3 is 0 Å². The van der Waals surface area contributed by atoms with Crippen LogP contribution in [0.15, 0.2) is 47.3 Å². The number of halogens is 1. The topological polar surface area (TPSA) is 136 Å². The summed E-state index contributed by atoms with van der Waals surface area (Å²) < 4.78 is 2.67. The first-order valence-electron chi connectivity index (χ1n) is 10.2. The molecule has 1 saturated carbocycles. The molecule has 5 rings (SSSR count). The van der Waals surface area contributed by atoms with Crippen molar-refractivity contribution in [3.63, 3.8) is 0 Å². The number of rotatable bonds is 4. The molecule has 31 heavy (non-hydrogen) atoms. The number of pyridine rings is 1. The lowest BCUT2D eigenvalue weighted by molar-refractivity contribution is 0.00544. The molecular formula is C22H23BrN6O2.